The maximum Gasteiger partial charge on any atom is 0.318 e. The van der Waals surface area contributed by atoms with Crippen molar-refractivity contribution in [1.29, 1.82) is 0 Å². The van der Waals surface area contributed by atoms with Crippen LogP contribution in [0.15, 0.2) is 84.9 Å². The molecule has 150 valence electrons. The predicted molar refractivity (Wildman–Crippen MR) is 112 cm³/mol. The zero-order chi connectivity index (χ0) is 20.0. The SMILES string of the molecule is C[N+](CC(=O)c1ccccc1)(Cc1ccccc1Cl)C(=O)Cc1ccccc1.[Cl-]. The van der Waals surface area contributed by atoms with E-state index >= 15 is 0 Å². The summed E-state index contributed by atoms with van der Waals surface area (Å²) in [5.74, 6) is -0.0769. The van der Waals surface area contributed by atoms with Gasteiger partial charge in [0, 0.05) is 16.1 Å². The Morgan fingerprint density at radius 2 is 1.38 bits per heavy atom. The Labute approximate surface area is 182 Å². The standard InChI is InChI=1S/C24H23ClNO2.ClH/c1-26(17-21-14-8-9-15-22(21)25,18-23(27)20-12-6-3-7-13-20)24(28)16-19-10-4-2-5-11-19;/h2-15H,16-18H2,1H3;1H/q+1;/p-1. The molecule has 3 rings (SSSR count). The number of benzene rings is 3. The molecule has 0 aliphatic carbocycles. The van der Waals surface area contributed by atoms with Gasteiger partial charge in [-0.3, -0.25) is 9.28 Å². The molecule has 0 spiro atoms. The van der Waals surface area contributed by atoms with Gasteiger partial charge in [-0.15, -0.1) is 0 Å². The summed E-state index contributed by atoms with van der Waals surface area (Å²) in [6.45, 7) is 0.449. The highest BCUT2D eigenvalue weighted by Crippen LogP contribution is 2.22. The van der Waals surface area contributed by atoms with Crippen LogP contribution >= 0.6 is 11.6 Å². The molecule has 1 amide bonds. The van der Waals surface area contributed by atoms with E-state index < -0.39 is 0 Å². The maximum absolute atomic E-state index is 13.3. The van der Waals surface area contributed by atoms with Gasteiger partial charge in [-0.25, -0.2) is 4.79 Å². The molecule has 0 fully saturated rings. The summed E-state index contributed by atoms with van der Waals surface area (Å²) in [5.41, 5.74) is 2.40. The molecule has 0 N–H and O–H groups in total. The molecule has 0 aliphatic rings. The highest BCUT2D eigenvalue weighted by Gasteiger charge is 2.35. The van der Waals surface area contributed by atoms with E-state index in [9.17, 15) is 9.59 Å². The molecule has 0 heterocycles. The summed E-state index contributed by atoms with van der Waals surface area (Å²) >= 11 is 6.34. The van der Waals surface area contributed by atoms with Gasteiger partial charge < -0.3 is 12.4 Å². The van der Waals surface area contributed by atoms with E-state index in [2.05, 4.69) is 0 Å². The van der Waals surface area contributed by atoms with Gasteiger partial charge in [0.15, 0.2) is 0 Å². The quantitative estimate of drug-likeness (QED) is 0.426. The molecule has 0 saturated heterocycles. The average molecular weight is 428 g/mol. The molecule has 0 aliphatic heterocycles. The molecule has 0 bridgehead atoms. The lowest BCUT2D eigenvalue weighted by atomic mass is 10.1. The topological polar surface area (TPSA) is 34.1 Å². The van der Waals surface area contributed by atoms with Crippen molar-refractivity contribution in [3.05, 3.63) is 107 Å². The van der Waals surface area contributed by atoms with Crippen LogP contribution in [0.25, 0.3) is 0 Å². The Morgan fingerprint density at radius 3 is 2.00 bits per heavy atom. The van der Waals surface area contributed by atoms with Crippen LogP contribution in [0.3, 0.4) is 0 Å². The molecule has 3 aromatic rings. The van der Waals surface area contributed by atoms with Gasteiger partial charge >= 0.3 is 5.91 Å². The Morgan fingerprint density at radius 1 is 0.828 bits per heavy atom. The van der Waals surface area contributed by atoms with Crippen molar-refractivity contribution >= 4 is 23.3 Å². The first-order valence-electron chi connectivity index (χ1n) is 9.21. The van der Waals surface area contributed by atoms with Gasteiger partial charge in [-0.05, 0) is 11.6 Å². The van der Waals surface area contributed by atoms with Crippen molar-refractivity contribution in [2.45, 2.75) is 13.0 Å². The van der Waals surface area contributed by atoms with E-state index in [1.165, 1.54) is 0 Å². The number of quaternary nitrogens is 1. The van der Waals surface area contributed by atoms with Crippen LogP contribution in [0.2, 0.25) is 5.02 Å². The van der Waals surface area contributed by atoms with E-state index in [1.54, 1.807) is 12.1 Å². The summed E-state index contributed by atoms with van der Waals surface area (Å²) in [6.07, 6.45) is 0.268. The van der Waals surface area contributed by atoms with Gasteiger partial charge in [0.05, 0.1) is 13.5 Å². The van der Waals surface area contributed by atoms with E-state index in [-0.39, 0.29) is 41.5 Å². The lowest BCUT2D eigenvalue weighted by Crippen LogP contribution is -3.00. The number of carbonyl (C=O) groups is 2. The zero-order valence-corrected chi connectivity index (χ0v) is 17.7. The van der Waals surface area contributed by atoms with E-state index in [4.69, 9.17) is 11.6 Å². The summed E-state index contributed by atoms with van der Waals surface area (Å²) in [5, 5.41) is 0.603. The van der Waals surface area contributed by atoms with Crippen molar-refractivity contribution in [2.75, 3.05) is 13.6 Å². The van der Waals surface area contributed by atoms with E-state index in [0.717, 1.165) is 11.1 Å². The number of carbonyl (C=O) groups excluding carboxylic acids is 2. The van der Waals surface area contributed by atoms with Crippen molar-refractivity contribution < 1.29 is 26.5 Å². The van der Waals surface area contributed by atoms with E-state index in [0.29, 0.717) is 17.1 Å². The third kappa shape index (κ3) is 6.01. The van der Waals surface area contributed by atoms with Gasteiger partial charge in [0.2, 0.25) is 5.78 Å². The largest absolute Gasteiger partial charge is 1.00 e. The smallest absolute Gasteiger partial charge is 0.318 e. The molecular weight excluding hydrogens is 405 g/mol. The first-order valence-corrected chi connectivity index (χ1v) is 9.59. The Balaban J connectivity index is 0.00000300. The number of hydrogen-bond acceptors (Lipinski definition) is 2. The highest BCUT2D eigenvalue weighted by atomic mass is 35.5. The molecule has 5 heteroatoms. The van der Waals surface area contributed by atoms with Gasteiger partial charge in [0.1, 0.15) is 13.1 Å². The molecule has 29 heavy (non-hydrogen) atoms. The van der Waals surface area contributed by atoms with Crippen molar-refractivity contribution in [3.8, 4) is 0 Å². The minimum absolute atomic E-state index is 0. The molecule has 3 aromatic carbocycles. The van der Waals surface area contributed by atoms with Crippen molar-refractivity contribution in [3.63, 3.8) is 0 Å². The lowest BCUT2D eigenvalue weighted by molar-refractivity contribution is -0.839. The Kier molecular flexibility index (Phi) is 8.15. The fourth-order valence-corrected chi connectivity index (χ4v) is 3.42. The third-order valence-electron chi connectivity index (χ3n) is 4.87. The molecule has 1 atom stereocenters. The fraction of sp³-hybridized carbons (Fsp3) is 0.167. The number of hydrogen-bond donors (Lipinski definition) is 0. The number of ketones is 1. The minimum atomic E-state index is -0.0587. The highest BCUT2D eigenvalue weighted by molar-refractivity contribution is 6.31. The van der Waals surface area contributed by atoms with Crippen LogP contribution in [0.1, 0.15) is 21.5 Å². The van der Waals surface area contributed by atoms with Crippen LogP contribution in [0.5, 0.6) is 0 Å². The predicted octanol–water partition coefficient (Wildman–Crippen LogP) is 1.94. The summed E-state index contributed by atoms with van der Waals surface area (Å²) in [4.78, 5) is 26.2. The number of halogens is 2. The van der Waals surface area contributed by atoms with Crippen molar-refractivity contribution in [2.24, 2.45) is 0 Å². The zero-order valence-electron chi connectivity index (χ0n) is 16.2. The number of Topliss-reactive ketones (excluding diaryl/α,β-unsaturated/α-hetero) is 1. The normalized spacial score (nSPS) is 12.5. The van der Waals surface area contributed by atoms with Crippen LogP contribution in [-0.4, -0.2) is 29.8 Å². The number of amides is 1. The van der Waals surface area contributed by atoms with E-state index in [1.807, 2.05) is 79.8 Å². The molecule has 1 unspecified atom stereocenters. The average Bonchev–Trinajstić information content (AvgIpc) is 2.71. The lowest BCUT2D eigenvalue weighted by Gasteiger charge is -2.31. The molecule has 0 aromatic heterocycles. The van der Waals surface area contributed by atoms with Crippen LogP contribution in [0.4, 0.5) is 0 Å². The number of likely N-dealkylation sites (N-methyl/N-ethyl adjacent to an activating group) is 1. The van der Waals surface area contributed by atoms with Crippen LogP contribution < -0.4 is 12.4 Å². The van der Waals surface area contributed by atoms with Gasteiger partial charge in [-0.2, -0.15) is 0 Å². The summed E-state index contributed by atoms with van der Waals surface area (Å²) in [7, 11) is 1.81. The second-order valence-corrected chi connectivity index (χ2v) is 7.56. The molecule has 0 radical (unpaired) electrons. The van der Waals surface area contributed by atoms with Gasteiger partial charge in [-0.1, -0.05) is 90.5 Å². The van der Waals surface area contributed by atoms with Crippen LogP contribution in [-0.2, 0) is 17.8 Å². The second-order valence-electron chi connectivity index (χ2n) is 7.15. The second kappa shape index (κ2) is 10.4. The first-order chi connectivity index (χ1) is 13.5. The minimum Gasteiger partial charge on any atom is -1.00 e. The Hall–Kier alpha value is -2.46. The molecular formula is C24H23Cl2NO2. The third-order valence-corrected chi connectivity index (χ3v) is 5.23. The summed E-state index contributed by atoms with van der Waals surface area (Å²) in [6, 6.07) is 26.2. The fourth-order valence-electron chi connectivity index (χ4n) is 3.23. The first kappa shape index (κ1) is 22.8. The molecule has 0 saturated carbocycles. The van der Waals surface area contributed by atoms with Crippen LogP contribution in [0, 0.1) is 0 Å². The number of nitrogens with zero attached hydrogens (tertiary/aromatic N) is 1. The number of rotatable bonds is 7. The Bertz CT molecular complexity index is 961. The maximum atomic E-state index is 13.3. The molecule has 3 nitrogen and oxygen atoms in total. The summed E-state index contributed by atoms with van der Waals surface area (Å²) < 4.78 is -0.0354. The van der Waals surface area contributed by atoms with Crippen molar-refractivity contribution in [1.82, 2.24) is 0 Å². The van der Waals surface area contributed by atoms with Gasteiger partial charge in [0.25, 0.3) is 0 Å². The monoisotopic (exact) mass is 427 g/mol.